The maximum absolute atomic E-state index is 12.4. The van der Waals surface area contributed by atoms with Crippen LogP contribution < -0.4 is 4.72 Å². The molecule has 0 spiro atoms. The zero-order valence-corrected chi connectivity index (χ0v) is 15.2. The summed E-state index contributed by atoms with van der Waals surface area (Å²) in [5, 5.41) is 0. The molecule has 1 atom stereocenters. The molecule has 1 aliphatic rings. The molecule has 2 aromatic carbocycles. The summed E-state index contributed by atoms with van der Waals surface area (Å²) in [6.45, 7) is 3.91. The molecule has 0 amide bonds. The van der Waals surface area contributed by atoms with Crippen LogP contribution in [0.3, 0.4) is 0 Å². The van der Waals surface area contributed by atoms with Gasteiger partial charge < -0.3 is 0 Å². The molecule has 1 unspecified atom stereocenters. The van der Waals surface area contributed by atoms with E-state index in [1.54, 1.807) is 0 Å². The molecule has 0 heterocycles. The smallest absolute Gasteiger partial charge is 0.212 e. The van der Waals surface area contributed by atoms with Gasteiger partial charge in [0.1, 0.15) is 0 Å². The van der Waals surface area contributed by atoms with E-state index in [9.17, 15) is 8.42 Å². The van der Waals surface area contributed by atoms with Gasteiger partial charge in [-0.15, -0.1) is 0 Å². The van der Waals surface area contributed by atoms with E-state index in [1.807, 2.05) is 38.1 Å². The second-order valence-electron chi connectivity index (χ2n) is 6.82. The zero-order chi connectivity index (χ0) is 17.2. The Labute approximate surface area is 145 Å². The molecule has 128 valence electrons. The molecule has 24 heavy (non-hydrogen) atoms. The zero-order valence-electron chi connectivity index (χ0n) is 14.4. The summed E-state index contributed by atoms with van der Waals surface area (Å²) >= 11 is 0. The molecule has 3 rings (SSSR count). The Bertz CT molecular complexity index is 810. The predicted octanol–water partition coefficient (Wildman–Crippen LogP) is 4.05. The molecule has 0 aromatic heterocycles. The number of rotatable bonds is 5. The van der Waals surface area contributed by atoms with Crippen LogP contribution in [0.25, 0.3) is 0 Å². The number of benzene rings is 2. The van der Waals surface area contributed by atoms with Crippen LogP contribution in [0.2, 0.25) is 0 Å². The molecular formula is C20H25NO2S. The summed E-state index contributed by atoms with van der Waals surface area (Å²) < 4.78 is 27.7. The number of aryl methyl sites for hydroxylation is 3. The molecule has 0 fully saturated rings. The lowest BCUT2D eigenvalue weighted by atomic mass is 9.89. The molecule has 4 heteroatoms. The van der Waals surface area contributed by atoms with Gasteiger partial charge >= 0.3 is 0 Å². The van der Waals surface area contributed by atoms with Gasteiger partial charge in [0.05, 0.1) is 5.75 Å². The SMILES string of the molecule is Cc1ccc(CS(=O)(=O)NC(C)c2ccc3c(c2)CCCC3)cc1. The van der Waals surface area contributed by atoms with E-state index in [4.69, 9.17) is 0 Å². The highest BCUT2D eigenvalue weighted by Crippen LogP contribution is 2.25. The minimum atomic E-state index is -3.37. The van der Waals surface area contributed by atoms with Crippen LogP contribution in [0.4, 0.5) is 0 Å². The highest BCUT2D eigenvalue weighted by atomic mass is 32.2. The van der Waals surface area contributed by atoms with Crippen LogP contribution in [0.15, 0.2) is 42.5 Å². The Morgan fingerprint density at radius 1 is 1.00 bits per heavy atom. The van der Waals surface area contributed by atoms with Gasteiger partial charge in [-0.1, -0.05) is 48.0 Å². The first-order chi connectivity index (χ1) is 11.4. The van der Waals surface area contributed by atoms with E-state index in [0.717, 1.165) is 29.5 Å². The van der Waals surface area contributed by atoms with Crippen molar-refractivity contribution in [1.29, 1.82) is 0 Å². The number of sulfonamides is 1. The van der Waals surface area contributed by atoms with Gasteiger partial charge in [0.25, 0.3) is 0 Å². The van der Waals surface area contributed by atoms with Gasteiger partial charge in [0.15, 0.2) is 0 Å². The topological polar surface area (TPSA) is 46.2 Å². The van der Waals surface area contributed by atoms with E-state index in [2.05, 4.69) is 22.9 Å². The van der Waals surface area contributed by atoms with Crippen molar-refractivity contribution in [2.45, 2.75) is 51.3 Å². The van der Waals surface area contributed by atoms with Crippen molar-refractivity contribution < 1.29 is 8.42 Å². The third-order valence-corrected chi connectivity index (χ3v) is 6.13. The summed E-state index contributed by atoms with van der Waals surface area (Å²) in [6.07, 6.45) is 4.73. The second kappa shape index (κ2) is 7.08. The minimum absolute atomic E-state index is 0.0164. The van der Waals surface area contributed by atoms with Gasteiger partial charge in [0.2, 0.25) is 10.0 Å². The maximum atomic E-state index is 12.4. The van der Waals surface area contributed by atoms with E-state index in [1.165, 1.54) is 24.0 Å². The third kappa shape index (κ3) is 4.25. The molecule has 0 radical (unpaired) electrons. The number of fused-ring (bicyclic) bond motifs is 1. The average molecular weight is 343 g/mol. The van der Waals surface area contributed by atoms with Crippen molar-refractivity contribution in [3.63, 3.8) is 0 Å². The first-order valence-electron chi connectivity index (χ1n) is 8.60. The molecule has 0 aliphatic heterocycles. The lowest BCUT2D eigenvalue weighted by Crippen LogP contribution is -2.28. The monoisotopic (exact) mass is 343 g/mol. The molecule has 0 bridgehead atoms. The Balaban J connectivity index is 1.71. The van der Waals surface area contributed by atoms with Crippen molar-refractivity contribution in [2.75, 3.05) is 0 Å². The molecule has 0 saturated heterocycles. The van der Waals surface area contributed by atoms with Crippen molar-refractivity contribution in [2.24, 2.45) is 0 Å². The van der Waals surface area contributed by atoms with Gasteiger partial charge in [-0.2, -0.15) is 0 Å². The molecule has 0 saturated carbocycles. The summed E-state index contributed by atoms with van der Waals surface area (Å²) in [7, 11) is -3.37. The first-order valence-corrected chi connectivity index (χ1v) is 10.3. The maximum Gasteiger partial charge on any atom is 0.216 e. The third-order valence-electron chi connectivity index (χ3n) is 4.71. The Hall–Kier alpha value is -1.65. The van der Waals surface area contributed by atoms with E-state index in [0.29, 0.717) is 0 Å². The Kier molecular flexibility index (Phi) is 5.07. The van der Waals surface area contributed by atoms with Crippen molar-refractivity contribution in [1.82, 2.24) is 4.72 Å². The van der Waals surface area contributed by atoms with Gasteiger partial charge in [-0.05, 0) is 61.8 Å². The van der Waals surface area contributed by atoms with E-state index < -0.39 is 10.0 Å². The second-order valence-corrected chi connectivity index (χ2v) is 8.57. The van der Waals surface area contributed by atoms with Crippen LogP contribution in [-0.4, -0.2) is 8.42 Å². The largest absolute Gasteiger partial charge is 0.216 e. The lowest BCUT2D eigenvalue weighted by molar-refractivity contribution is 0.565. The minimum Gasteiger partial charge on any atom is -0.212 e. The summed E-state index contributed by atoms with van der Waals surface area (Å²) in [5.74, 6) is 0.0164. The fraction of sp³-hybridized carbons (Fsp3) is 0.400. The molecule has 1 N–H and O–H groups in total. The van der Waals surface area contributed by atoms with Crippen LogP contribution in [0, 0.1) is 6.92 Å². The molecule has 3 nitrogen and oxygen atoms in total. The molecular weight excluding hydrogens is 318 g/mol. The normalized spacial score (nSPS) is 15.8. The van der Waals surface area contributed by atoms with Crippen molar-refractivity contribution in [3.8, 4) is 0 Å². The highest BCUT2D eigenvalue weighted by Gasteiger charge is 2.18. The summed E-state index contributed by atoms with van der Waals surface area (Å²) in [6, 6.07) is 13.8. The molecule has 1 aliphatic carbocycles. The van der Waals surface area contributed by atoms with Crippen LogP contribution in [-0.2, 0) is 28.6 Å². The van der Waals surface area contributed by atoms with Gasteiger partial charge in [-0.25, -0.2) is 13.1 Å². The van der Waals surface area contributed by atoms with Crippen LogP contribution in [0.1, 0.15) is 53.6 Å². The Morgan fingerprint density at radius 3 is 2.38 bits per heavy atom. The summed E-state index contributed by atoms with van der Waals surface area (Å²) in [5.41, 5.74) is 5.78. The number of hydrogen-bond acceptors (Lipinski definition) is 2. The Morgan fingerprint density at radius 2 is 1.67 bits per heavy atom. The lowest BCUT2D eigenvalue weighted by Gasteiger charge is -2.20. The standard InChI is InChI=1S/C20H25NO2S/c1-15-7-9-17(10-8-15)14-24(22,23)21-16(2)19-12-11-18-5-3-4-6-20(18)13-19/h7-13,16,21H,3-6,14H2,1-2H3. The van der Waals surface area contributed by atoms with Gasteiger partial charge in [0, 0.05) is 6.04 Å². The fourth-order valence-corrected chi connectivity index (χ4v) is 4.69. The van der Waals surface area contributed by atoms with Crippen LogP contribution in [0.5, 0.6) is 0 Å². The number of nitrogens with one attached hydrogen (secondary N) is 1. The fourth-order valence-electron chi connectivity index (χ4n) is 3.31. The van der Waals surface area contributed by atoms with Crippen molar-refractivity contribution >= 4 is 10.0 Å². The van der Waals surface area contributed by atoms with E-state index >= 15 is 0 Å². The van der Waals surface area contributed by atoms with E-state index in [-0.39, 0.29) is 11.8 Å². The summed E-state index contributed by atoms with van der Waals surface area (Å²) in [4.78, 5) is 0. The number of hydrogen-bond donors (Lipinski definition) is 1. The quantitative estimate of drug-likeness (QED) is 0.890. The highest BCUT2D eigenvalue weighted by molar-refractivity contribution is 7.88. The van der Waals surface area contributed by atoms with Gasteiger partial charge in [-0.3, -0.25) is 0 Å². The average Bonchev–Trinajstić information content (AvgIpc) is 2.56. The molecule has 2 aromatic rings. The first kappa shape index (κ1) is 17.2. The predicted molar refractivity (Wildman–Crippen MR) is 98.4 cm³/mol. The van der Waals surface area contributed by atoms with Crippen molar-refractivity contribution in [3.05, 3.63) is 70.3 Å². The van der Waals surface area contributed by atoms with Crippen LogP contribution >= 0.6 is 0 Å².